The molecular formula is C44H24N2S2. The third-order valence-corrected chi connectivity index (χ3v) is 11.5. The molecule has 0 amide bonds. The Morgan fingerprint density at radius 3 is 1.46 bits per heavy atom. The summed E-state index contributed by atoms with van der Waals surface area (Å²) in [4.78, 5) is 0. The Balaban J connectivity index is 1.36. The van der Waals surface area contributed by atoms with Gasteiger partial charge in [0.2, 0.25) is 0 Å². The normalized spacial score (nSPS) is 11.3. The van der Waals surface area contributed by atoms with Crippen molar-refractivity contribution in [3.63, 3.8) is 0 Å². The molecule has 0 radical (unpaired) electrons. The van der Waals surface area contributed by atoms with Crippen LogP contribution in [0.3, 0.4) is 0 Å². The SMILES string of the molecule is N#Cc1ccc(-c2ccccc2)c(-c2cc(-c3ccc4sc5ccccc5c4c3)c(C#N)c(-c3ccc4sc5ccccc5c4c3)c2)c1. The highest BCUT2D eigenvalue weighted by Gasteiger charge is 2.19. The fourth-order valence-electron chi connectivity index (χ4n) is 6.88. The molecule has 2 aromatic heterocycles. The van der Waals surface area contributed by atoms with Crippen LogP contribution in [-0.4, -0.2) is 0 Å². The molecule has 4 heteroatoms. The van der Waals surface area contributed by atoms with E-state index in [1.165, 1.54) is 40.3 Å². The van der Waals surface area contributed by atoms with Crippen molar-refractivity contribution in [2.45, 2.75) is 0 Å². The first kappa shape index (κ1) is 28.2. The van der Waals surface area contributed by atoms with E-state index in [0.29, 0.717) is 11.1 Å². The van der Waals surface area contributed by atoms with Gasteiger partial charge in [0, 0.05) is 51.5 Å². The molecule has 0 aliphatic carbocycles. The number of benzene rings is 7. The molecule has 0 bridgehead atoms. The average molecular weight is 645 g/mol. The molecule has 7 aromatic carbocycles. The van der Waals surface area contributed by atoms with Crippen molar-refractivity contribution in [1.29, 1.82) is 10.5 Å². The van der Waals surface area contributed by atoms with Crippen LogP contribution in [0.25, 0.3) is 84.9 Å². The van der Waals surface area contributed by atoms with Gasteiger partial charge in [-0.2, -0.15) is 10.5 Å². The van der Waals surface area contributed by atoms with Crippen LogP contribution in [0.1, 0.15) is 11.1 Å². The van der Waals surface area contributed by atoms with Crippen molar-refractivity contribution in [1.82, 2.24) is 0 Å². The standard InChI is InChI=1S/C44H24N2S2/c45-25-27-14-17-32(28-8-2-1-3-9-28)35(20-27)31-23-36(29-15-18-43-38(21-29)33-10-4-6-12-41(33)47-43)40(26-46)37(24-31)30-16-19-44-39(22-30)34-11-5-7-13-42(34)48-44/h1-24H. The number of rotatable bonds is 4. The summed E-state index contributed by atoms with van der Waals surface area (Å²) in [5.74, 6) is 0. The lowest BCUT2D eigenvalue weighted by molar-refractivity contribution is 1.46. The fourth-order valence-corrected chi connectivity index (χ4v) is 9.06. The quantitative estimate of drug-likeness (QED) is 0.191. The summed E-state index contributed by atoms with van der Waals surface area (Å²) in [7, 11) is 0. The molecule has 0 N–H and O–H groups in total. The number of nitrogens with zero attached hydrogens (tertiary/aromatic N) is 2. The Morgan fingerprint density at radius 2 is 0.896 bits per heavy atom. The largest absolute Gasteiger partial charge is 0.192 e. The predicted molar refractivity (Wildman–Crippen MR) is 203 cm³/mol. The molecule has 0 aliphatic rings. The maximum Gasteiger partial charge on any atom is 0.100 e. The van der Waals surface area contributed by atoms with E-state index in [9.17, 15) is 10.5 Å². The van der Waals surface area contributed by atoms with Gasteiger partial charge in [-0.1, -0.05) is 84.9 Å². The highest BCUT2D eigenvalue weighted by molar-refractivity contribution is 7.26. The Morgan fingerprint density at radius 1 is 0.354 bits per heavy atom. The van der Waals surface area contributed by atoms with Crippen molar-refractivity contribution < 1.29 is 0 Å². The number of nitriles is 2. The van der Waals surface area contributed by atoms with Crippen LogP contribution < -0.4 is 0 Å². The van der Waals surface area contributed by atoms with E-state index in [4.69, 9.17) is 0 Å². The zero-order chi connectivity index (χ0) is 32.2. The van der Waals surface area contributed by atoms with Crippen molar-refractivity contribution in [2.24, 2.45) is 0 Å². The second-order valence-corrected chi connectivity index (χ2v) is 14.1. The third kappa shape index (κ3) is 4.59. The van der Waals surface area contributed by atoms with Crippen molar-refractivity contribution in [3.05, 3.63) is 157 Å². The predicted octanol–water partition coefficient (Wildman–Crippen LogP) is 12.8. The Hall–Kier alpha value is -6.04. The molecule has 9 rings (SSSR count). The summed E-state index contributed by atoms with van der Waals surface area (Å²) < 4.78 is 4.93. The maximum absolute atomic E-state index is 10.9. The zero-order valence-corrected chi connectivity index (χ0v) is 27.2. The molecule has 2 heterocycles. The van der Waals surface area contributed by atoms with Crippen LogP contribution >= 0.6 is 22.7 Å². The smallest absolute Gasteiger partial charge is 0.100 e. The van der Waals surface area contributed by atoms with Gasteiger partial charge in [-0.15, -0.1) is 22.7 Å². The zero-order valence-electron chi connectivity index (χ0n) is 25.6. The first-order valence-corrected chi connectivity index (χ1v) is 17.3. The minimum atomic E-state index is 0.592. The van der Waals surface area contributed by atoms with E-state index in [-0.39, 0.29) is 0 Å². The van der Waals surface area contributed by atoms with Gasteiger partial charge in [0.05, 0.1) is 17.2 Å². The molecule has 9 aromatic rings. The Kier molecular flexibility index (Phi) is 6.66. The van der Waals surface area contributed by atoms with Gasteiger partial charge in [-0.05, 0) is 94.0 Å². The average Bonchev–Trinajstić information content (AvgIpc) is 3.72. The second-order valence-electron chi connectivity index (χ2n) is 11.9. The molecule has 222 valence electrons. The first-order chi connectivity index (χ1) is 23.7. The van der Waals surface area contributed by atoms with Gasteiger partial charge in [-0.25, -0.2) is 0 Å². The molecule has 0 saturated carbocycles. The number of thiophene rings is 2. The molecule has 0 aliphatic heterocycles. The second kappa shape index (κ2) is 11.3. The van der Waals surface area contributed by atoms with Crippen LogP contribution in [-0.2, 0) is 0 Å². The van der Waals surface area contributed by atoms with Gasteiger partial charge in [0.1, 0.15) is 6.07 Å². The lowest BCUT2D eigenvalue weighted by Gasteiger charge is -2.17. The van der Waals surface area contributed by atoms with E-state index in [0.717, 1.165) is 44.5 Å². The fraction of sp³-hybridized carbons (Fsp3) is 0. The molecule has 0 spiro atoms. The van der Waals surface area contributed by atoms with Gasteiger partial charge in [0.15, 0.2) is 0 Å². The monoisotopic (exact) mass is 644 g/mol. The van der Waals surface area contributed by atoms with Crippen LogP contribution in [0, 0.1) is 22.7 Å². The highest BCUT2D eigenvalue weighted by atomic mass is 32.1. The Labute approximate surface area is 285 Å². The van der Waals surface area contributed by atoms with Crippen molar-refractivity contribution in [2.75, 3.05) is 0 Å². The summed E-state index contributed by atoms with van der Waals surface area (Å²) in [6.07, 6.45) is 0. The summed E-state index contributed by atoms with van der Waals surface area (Å²) in [6.45, 7) is 0. The first-order valence-electron chi connectivity index (χ1n) is 15.7. The highest BCUT2D eigenvalue weighted by Crippen LogP contribution is 2.44. The number of hydrogen-bond acceptors (Lipinski definition) is 4. The Bertz CT molecular complexity index is 2670. The van der Waals surface area contributed by atoms with Crippen molar-refractivity contribution >= 4 is 63.0 Å². The maximum atomic E-state index is 10.9. The van der Waals surface area contributed by atoms with Crippen LogP contribution in [0.5, 0.6) is 0 Å². The summed E-state index contributed by atoms with van der Waals surface area (Å²) in [5.41, 5.74) is 8.98. The molecule has 0 fully saturated rings. The van der Waals surface area contributed by atoms with E-state index in [2.05, 4.69) is 121 Å². The lowest BCUT2D eigenvalue weighted by atomic mass is 9.85. The lowest BCUT2D eigenvalue weighted by Crippen LogP contribution is -1.94. The summed E-state index contributed by atoms with van der Waals surface area (Å²) in [5, 5.41) is 25.7. The van der Waals surface area contributed by atoms with E-state index in [1.54, 1.807) is 22.7 Å². The van der Waals surface area contributed by atoms with Gasteiger partial charge >= 0.3 is 0 Å². The topological polar surface area (TPSA) is 47.6 Å². The molecule has 2 nitrogen and oxygen atoms in total. The van der Waals surface area contributed by atoms with Gasteiger partial charge in [0.25, 0.3) is 0 Å². The van der Waals surface area contributed by atoms with Gasteiger partial charge < -0.3 is 0 Å². The van der Waals surface area contributed by atoms with Crippen LogP contribution in [0.2, 0.25) is 0 Å². The molecule has 0 saturated heterocycles. The van der Waals surface area contributed by atoms with Crippen molar-refractivity contribution in [3.8, 4) is 56.6 Å². The summed E-state index contributed by atoms with van der Waals surface area (Å²) in [6, 6.07) is 55.5. The van der Waals surface area contributed by atoms with E-state index in [1.807, 2.05) is 36.4 Å². The van der Waals surface area contributed by atoms with Crippen LogP contribution in [0.15, 0.2) is 146 Å². The van der Waals surface area contributed by atoms with Gasteiger partial charge in [-0.3, -0.25) is 0 Å². The van der Waals surface area contributed by atoms with Crippen LogP contribution in [0.4, 0.5) is 0 Å². The number of hydrogen-bond donors (Lipinski definition) is 0. The molecule has 48 heavy (non-hydrogen) atoms. The molecule has 0 unspecified atom stereocenters. The number of fused-ring (bicyclic) bond motifs is 6. The molecular weight excluding hydrogens is 621 g/mol. The molecule has 0 atom stereocenters. The summed E-state index contributed by atoms with van der Waals surface area (Å²) >= 11 is 3.57. The minimum absolute atomic E-state index is 0.592. The van der Waals surface area contributed by atoms with E-state index < -0.39 is 0 Å². The third-order valence-electron chi connectivity index (χ3n) is 9.17. The van der Waals surface area contributed by atoms with E-state index >= 15 is 0 Å². The minimum Gasteiger partial charge on any atom is -0.192 e.